The Balaban J connectivity index is -0.0000000133. The van der Waals surface area contributed by atoms with Crippen LogP contribution in [0.2, 0.25) is 0 Å². The Kier molecular flexibility index (Phi) is 5.84. The van der Waals surface area contributed by atoms with Crippen molar-refractivity contribution in [2.75, 3.05) is 0 Å². The second-order valence-electron chi connectivity index (χ2n) is 0.513. The molecule has 0 rings (SSSR count). The largest absolute Gasteiger partial charge is 2.00 e. The van der Waals surface area contributed by atoms with Crippen LogP contribution in [0.15, 0.2) is 0 Å². The Morgan fingerprint density at radius 3 is 1.33 bits per heavy atom. The molecule has 4 nitrogen and oxygen atoms in total. The summed E-state index contributed by atoms with van der Waals surface area (Å²) < 4.78 is 8.88. The van der Waals surface area contributed by atoms with Gasteiger partial charge in [0.05, 0.1) is 0 Å². The molecule has 0 spiro atoms. The molecule has 0 saturated carbocycles. The first kappa shape index (κ1) is 10.4. The second-order valence-corrected chi connectivity index (χ2v) is 1.54. The summed E-state index contributed by atoms with van der Waals surface area (Å²) in [6, 6.07) is 0. The molecule has 6 heavy (non-hydrogen) atoms. The predicted octanol–water partition coefficient (Wildman–Crippen LogP) is -0.972. The van der Waals surface area contributed by atoms with Crippen LogP contribution >= 0.6 is 7.82 Å². The zero-order valence-electron chi connectivity index (χ0n) is 5.90. The van der Waals surface area contributed by atoms with Gasteiger partial charge in [-0.05, 0) is 0 Å². The normalized spacial score (nSPS) is 9.83. The SMILES string of the molecule is O=P(O)(O)O.[Ca+2].[H+].[H+].[H+]. The fourth-order valence-electron chi connectivity index (χ4n) is 0. The number of hydrogen-bond acceptors (Lipinski definition) is 1. The van der Waals surface area contributed by atoms with E-state index >= 15 is 0 Å². The maximum absolute atomic E-state index is 8.88. The van der Waals surface area contributed by atoms with Crippen molar-refractivity contribution >= 4 is 45.6 Å². The van der Waals surface area contributed by atoms with Gasteiger partial charge in [-0.2, -0.15) is 0 Å². The predicted molar refractivity (Wildman–Crippen MR) is 23.4 cm³/mol. The summed E-state index contributed by atoms with van der Waals surface area (Å²) in [4.78, 5) is 21.6. The number of phosphoric acid groups is 1. The van der Waals surface area contributed by atoms with Crippen LogP contribution in [0, 0.1) is 0 Å². The van der Waals surface area contributed by atoms with Crippen molar-refractivity contribution in [2.24, 2.45) is 0 Å². The Labute approximate surface area is 68.9 Å². The molecule has 0 aliphatic carbocycles. The quantitative estimate of drug-likeness (QED) is 0.299. The van der Waals surface area contributed by atoms with Crippen molar-refractivity contribution in [3.8, 4) is 0 Å². The van der Waals surface area contributed by atoms with Gasteiger partial charge in [0, 0.05) is 0 Å². The van der Waals surface area contributed by atoms with Gasteiger partial charge in [0.2, 0.25) is 0 Å². The Bertz CT molecular complexity index is 61.9. The summed E-state index contributed by atoms with van der Waals surface area (Å²) in [7, 11) is -4.64. The van der Waals surface area contributed by atoms with Crippen LogP contribution < -0.4 is 0 Å². The van der Waals surface area contributed by atoms with Crippen molar-refractivity contribution in [1.29, 1.82) is 0 Å². The minimum Gasteiger partial charge on any atom is -0.303 e. The zero-order chi connectivity index (χ0) is 4.50. The van der Waals surface area contributed by atoms with Crippen molar-refractivity contribution in [3.63, 3.8) is 0 Å². The fraction of sp³-hybridized carbons (Fsp3) is 0. The van der Waals surface area contributed by atoms with Gasteiger partial charge in [-0.1, -0.05) is 0 Å². The molecule has 0 radical (unpaired) electrons. The molecule has 0 unspecified atom stereocenters. The van der Waals surface area contributed by atoms with E-state index in [9.17, 15) is 0 Å². The summed E-state index contributed by atoms with van der Waals surface area (Å²) in [6.45, 7) is 0. The van der Waals surface area contributed by atoms with Gasteiger partial charge in [-0.3, -0.25) is 0 Å². The van der Waals surface area contributed by atoms with Crippen molar-refractivity contribution < 1.29 is 23.5 Å². The molecule has 0 amide bonds. The molecular formula is H6CaO4P+5. The molecule has 6 heteroatoms. The Hall–Kier alpha value is 1.37. The maximum atomic E-state index is 8.88. The van der Waals surface area contributed by atoms with Crippen molar-refractivity contribution in [2.45, 2.75) is 0 Å². The number of rotatable bonds is 0. The standard InChI is InChI=1S/Ca.H3O4P/c;1-5(2,3)4/h;(H3,1,2,3,4)/q+2;/p+3. The van der Waals surface area contributed by atoms with E-state index in [1.807, 2.05) is 0 Å². The van der Waals surface area contributed by atoms with Crippen LogP contribution in [0.1, 0.15) is 4.28 Å². The van der Waals surface area contributed by atoms with Gasteiger partial charge in [-0.25, -0.2) is 4.57 Å². The summed E-state index contributed by atoms with van der Waals surface area (Å²) in [5, 5.41) is 0. The summed E-state index contributed by atoms with van der Waals surface area (Å²) in [5.41, 5.74) is 0. The molecular weight excluding hydrogens is 135 g/mol. The van der Waals surface area contributed by atoms with Crippen molar-refractivity contribution in [3.05, 3.63) is 0 Å². The summed E-state index contributed by atoms with van der Waals surface area (Å²) >= 11 is 0. The molecule has 0 bridgehead atoms. The van der Waals surface area contributed by atoms with E-state index < -0.39 is 7.82 Å². The third-order valence-electron chi connectivity index (χ3n) is 0. The molecule has 0 aromatic carbocycles. The van der Waals surface area contributed by atoms with E-state index in [1.54, 1.807) is 0 Å². The molecule has 0 fully saturated rings. The van der Waals surface area contributed by atoms with E-state index in [1.165, 1.54) is 0 Å². The van der Waals surface area contributed by atoms with Gasteiger partial charge >= 0.3 is 49.8 Å². The van der Waals surface area contributed by atoms with E-state index in [0.717, 1.165) is 0 Å². The van der Waals surface area contributed by atoms with Gasteiger partial charge < -0.3 is 14.7 Å². The molecule has 3 N–H and O–H groups in total. The third kappa shape index (κ3) is 54.6. The first-order chi connectivity index (χ1) is 2.00. The van der Waals surface area contributed by atoms with Gasteiger partial charge in [0.25, 0.3) is 0 Å². The van der Waals surface area contributed by atoms with E-state index in [4.69, 9.17) is 19.2 Å². The first-order valence-corrected chi connectivity index (χ1v) is 2.35. The monoisotopic (exact) mass is 141 g/mol. The molecule has 0 saturated heterocycles. The molecule has 0 heterocycles. The van der Waals surface area contributed by atoms with E-state index in [0.29, 0.717) is 0 Å². The van der Waals surface area contributed by atoms with Crippen LogP contribution in [-0.4, -0.2) is 52.4 Å². The first-order valence-electron chi connectivity index (χ1n) is 0.783. The van der Waals surface area contributed by atoms with Crippen LogP contribution in [0.3, 0.4) is 0 Å². The van der Waals surface area contributed by atoms with Crippen LogP contribution in [0.4, 0.5) is 0 Å². The van der Waals surface area contributed by atoms with Gasteiger partial charge in [0.1, 0.15) is 0 Å². The Morgan fingerprint density at radius 1 is 1.33 bits per heavy atom. The Morgan fingerprint density at radius 2 is 1.33 bits per heavy atom. The average molecular weight is 141 g/mol. The second kappa shape index (κ2) is 3.38. The van der Waals surface area contributed by atoms with E-state index in [2.05, 4.69) is 0 Å². The van der Waals surface area contributed by atoms with Gasteiger partial charge in [0.15, 0.2) is 0 Å². The average Bonchev–Trinajstić information content (AvgIpc) is 0.722. The maximum Gasteiger partial charge on any atom is 2.00 e. The smallest absolute Gasteiger partial charge is 0.303 e. The molecule has 0 aromatic heterocycles. The summed E-state index contributed by atoms with van der Waals surface area (Å²) in [6.07, 6.45) is 0. The zero-order valence-corrected chi connectivity index (χ0v) is 6.01. The molecule has 0 atom stereocenters. The molecule has 32 valence electrons. The molecule has 0 aromatic rings. The minimum atomic E-state index is -4.64. The van der Waals surface area contributed by atoms with E-state index in [-0.39, 0.29) is 42.0 Å². The topological polar surface area (TPSA) is 77.8 Å². The molecule has 0 aliphatic rings. The summed E-state index contributed by atoms with van der Waals surface area (Å²) in [5.74, 6) is 0. The van der Waals surface area contributed by atoms with Crippen LogP contribution in [0.25, 0.3) is 0 Å². The minimum absolute atomic E-state index is 0. The van der Waals surface area contributed by atoms with Crippen LogP contribution in [-0.2, 0) is 4.57 Å². The fourth-order valence-corrected chi connectivity index (χ4v) is 0. The molecule has 0 aliphatic heterocycles. The third-order valence-corrected chi connectivity index (χ3v) is 0. The number of hydrogen-bond donors (Lipinski definition) is 3. The van der Waals surface area contributed by atoms with Crippen molar-refractivity contribution in [1.82, 2.24) is 0 Å². The van der Waals surface area contributed by atoms with Gasteiger partial charge in [-0.15, -0.1) is 0 Å². The van der Waals surface area contributed by atoms with Crippen LogP contribution in [0.5, 0.6) is 0 Å².